The molecule has 1 heterocycles. The van der Waals surface area contributed by atoms with E-state index in [4.69, 9.17) is 9.47 Å². The lowest BCUT2D eigenvalue weighted by Crippen LogP contribution is -2.57. The van der Waals surface area contributed by atoms with Crippen LogP contribution in [0, 0.1) is 0 Å². The first kappa shape index (κ1) is 9.88. The van der Waals surface area contributed by atoms with Crippen molar-refractivity contribution >= 4 is 0 Å². The van der Waals surface area contributed by atoms with Crippen LogP contribution in [0.2, 0.25) is 0 Å². The van der Waals surface area contributed by atoms with Gasteiger partial charge in [-0.2, -0.15) is 0 Å². The Morgan fingerprint density at radius 2 is 1.75 bits per heavy atom. The van der Waals surface area contributed by atoms with Crippen LogP contribution in [0.15, 0.2) is 0 Å². The fourth-order valence-corrected chi connectivity index (χ4v) is 1.27. The maximum absolute atomic E-state index is 9.36. The van der Waals surface area contributed by atoms with E-state index in [0.717, 1.165) is 0 Å². The quantitative estimate of drug-likeness (QED) is 0.453. The van der Waals surface area contributed by atoms with Crippen LogP contribution < -0.4 is 0 Å². The van der Waals surface area contributed by atoms with Crippen LogP contribution >= 0.6 is 0 Å². The number of rotatable bonds is 1. The normalized spacial score (nSPS) is 49.2. The fraction of sp³-hybridized carbons (Fsp3) is 1.00. The standard InChI is InChI=1S/C7H14O5/c1-3-4(8)5(9)6(11-2)7(10)12-3/h3-10H,1-2H3/t3?,4-,5+,6+,7?/m0/s1. The number of aliphatic hydroxyl groups excluding tert-OH is 3. The summed E-state index contributed by atoms with van der Waals surface area (Å²) in [4.78, 5) is 0. The van der Waals surface area contributed by atoms with Crippen molar-refractivity contribution in [1.29, 1.82) is 0 Å². The van der Waals surface area contributed by atoms with Crippen molar-refractivity contribution in [3.05, 3.63) is 0 Å². The summed E-state index contributed by atoms with van der Waals surface area (Å²) in [6.07, 6.45) is -4.76. The first-order chi connectivity index (χ1) is 5.57. The third-order valence-corrected chi connectivity index (χ3v) is 2.07. The topological polar surface area (TPSA) is 79.2 Å². The smallest absolute Gasteiger partial charge is 0.184 e. The molecule has 1 saturated heterocycles. The molecule has 1 aliphatic heterocycles. The van der Waals surface area contributed by atoms with Gasteiger partial charge in [0.2, 0.25) is 0 Å². The SMILES string of the molecule is CO[C@H]1C(O)OC(C)[C@H](O)[C@H]1O. The molecule has 5 nitrogen and oxygen atoms in total. The fourth-order valence-electron chi connectivity index (χ4n) is 1.27. The molecule has 0 aromatic carbocycles. The van der Waals surface area contributed by atoms with E-state index in [0.29, 0.717) is 0 Å². The zero-order chi connectivity index (χ0) is 9.30. The van der Waals surface area contributed by atoms with E-state index >= 15 is 0 Å². The first-order valence-corrected chi connectivity index (χ1v) is 3.80. The summed E-state index contributed by atoms with van der Waals surface area (Å²) in [6.45, 7) is 1.57. The number of methoxy groups -OCH3 is 1. The first-order valence-electron chi connectivity index (χ1n) is 3.80. The van der Waals surface area contributed by atoms with Crippen LogP contribution in [-0.2, 0) is 9.47 Å². The lowest BCUT2D eigenvalue weighted by atomic mass is 10.00. The highest BCUT2D eigenvalue weighted by Gasteiger charge is 2.41. The molecule has 0 radical (unpaired) electrons. The molecule has 1 fully saturated rings. The van der Waals surface area contributed by atoms with E-state index in [-0.39, 0.29) is 0 Å². The Morgan fingerprint density at radius 1 is 1.17 bits per heavy atom. The third kappa shape index (κ3) is 1.60. The number of aliphatic hydroxyl groups is 3. The second-order valence-corrected chi connectivity index (χ2v) is 2.91. The van der Waals surface area contributed by atoms with E-state index in [9.17, 15) is 15.3 Å². The lowest BCUT2D eigenvalue weighted by Gasteiger charge is -2.38. The van der Waals surface area contributed by atoms with Crippen LogP contribution in [0.3, 0.4) is 0 Å². The highest BCUT2D eigenvalue weighted by Crippen LogP contribution is 2.20. The Bertz CT molecular complexity index is 151. The van der Waals surface area contributed by atoms with Gasteiger partial charge in [0.1, 0.15) is 18.3 Å². The van der Waals surface area contributed by atoms with Gasteiger partial charge in [-0.05, 0) is 6.92 Å². The van der Waals surface area contributed by atoms with Gasteiger partial charge in [0.15, 0.2) is 6.29 Å². The second-order valence-electron chi connectivity index (χ2n) is 2.91. The molecule has 5 heteroatoms. The zero-order valence-corrected chi connectivity index (χ0v) is 7.04. The molecule has 72 valence electrons. The largest absolute Gasteiger partial charge is 0.388 e. The molecule has 0 aromatic rings. The molecular weight excluding hydrogens is 164 g/mol. The van der Waals surface area contributed by atoms with Crippen LogP contribution in [0.1, 0.15) is 6.92 Å². The minimum atomic E-state index is -1.18. The van der Waals surface area contributed by atoms with Gasteiger partial charge in [-0.3, -0.25) is 0 Å². The van der Waals surface area contributed by atoms with Crippen molar-refractivity contribution in [2.24, 2.45) is 0 Å². The van der Waals surface area contributed by atoms with Crippen LogP contribution in [-0.4, -0.2) is 53.1 Å². The van der Waals surface area contributed by atoms with Crippen molar-refractivity contribution in [1.82, 2.24) is 0 Å². The summed E-state index contributed by atoms with van der Waals surface area (Å²) >= 11 is 0. The molecule has 0 saturated carbocycles. The summed E-state index contributed by atoms with van der Waals surface area (Å²) in [6, 6.07) is 0. The van der Waals surface area contributed by atoms with Crippen LogP contribution in [0.5, 0.6) is 0 Å². The molecule has 3 N–H and O–H groups in total. The maximum atomic E-state index is 9.36. The van der Waals surface area contributed by atoms with Gasteiger partial charge >= 0.3 is 0 Å². The Morgan fingerprint density at radius 3 is 2.25 bits per heavy atom. The van der Waals surface area contributed by atoms with E-state index in [1.54, 1.807) is 6.92 Å². The maximum Gasteiger partial charge on any atom is 0.184 e. The molecule has 1 aliphatic rings. The zero-order valence-electron chi connectivity index (χ0n) is 7.04. The summed E-state index contributed by atoms with van der Waals surface area (Å²) in [7, 11) is 1.34. The van der Waals surface area contributed by atoms with Gasteiger partial charge in [-0.25, -0.2) is 0 Å². The van der Waals surface area contributed by atoms with Crippen molar-refractivity contribution in [3.63, 3.8) is 0 Å². The third-order valence-electron chi connectivity index (χ3n) is 2.07. The van der Waals surface area contributed by atoms with Crippen LogP contribution in [0.25, 0.3) is 0 Å². The molecule has 0 spiro atoms. The molecule has 0 bridgehead atoms. The number of hydrogen-bond donors (Lipinski definition) is 3. The van der Waals surface area contributed by atoms with E-state index < -0.39 is 30.7 Å². The van der Waals surface area contributed by atoms with Crippen molar-refractivity contribution in [3.8, 4) is 0 Å². The van der Waals surface area contributed by atoms with Gasteiger partial charge in [-0.1, -0.05) is 0 Å². The highest BCUT2D eigenvalue weighted by atomic mass is 16.7. The molecule has 0 aromatic heterocycles. The predicted molar refractivity (Wildman–Crippen MR) is 39.4 cm³/mol. The molecule has 0 amide bonds. The Kier molecular flexibility index (Phi) is 3.03. The minimum absolute atomic E-state index is 0.582. The average Bonchev–Trinajstić information content (AvgIpc) is 2.01. The number of ether oxygens (including phenoxy) is 2. The van der Waals surface area contributed by atoms with E-state index in [1.807, 2.05) is 0 Å². The van der Waals surface area contributed by atoms with Crippen molar-refractivity contribution in [2.75, 3.05) is 7.11 Å². The van der Waals surface area contributed by atoms with Crippen molar-refractivity contribution in [2.45, 2.75) is 37.6 Å². The Hall–Kier alpha value is -0.200. The number of hydrogen-bond acceptors (Lipinski definition) is 5. The minimum Gasteiger partial charge on any atom is -0.388 e. The predicted octanol–water partition coefficient (Wildman–Crippen LogP) is -1.54. The Balaban J connectivity index is 2.65. The summed E-state index contributed by atoms with van der Waals surface area (Å²) in [5.41, 5.74) is 0. The van der Waals surface area contributed by atoms with Gasteiger partial charge in [0, 0.05) is 7.11 Å². The van der Waals surface area contributed by atoms with Crippen LogP contribution in [0.4, 0.5) is 0 Å². The summed E-state index contributed by atoms with van der Waals surface area (Å²) < 4.78 is 9.64. The van der Waals surface area contributed by atoms with E-state index in [1.165, 1.54) is 7.11 Å². The van der Waals surface area contributed by atoms with Gasteiger partial charge in [-0.15, -0.1) is 0 Å². The van der Waals surface area contributed by atoms with Gasteiger partial charge in [0.25, 0.3) is 0 Å². The summed E-state index contributed by atoms with van der Waals surface area (Å²) in [5, 5.41) is 27.9. The highest BCUT2D eigenvalue weighted by molar-refractivity contribution is 4.87. The molecule has 1 rings (SSSR count). The van der Waals surface area contributed by atoms with Gasteiger partial charge < -0.3 is 24.8 Å². The monoisotopic (exact) mass is 178 g/mol. The molecule has 2 unspecified atom stereocenters. The molecule has 0 aliphatic carbocycles. The van der Waals surface area contributed by atoms with E-state index in [2.05, 4.69) is 0 Å². The molecule has 5 atom stereocenters. The summed E-state index contributed by atoms with van der Waals surface area (Å²) in [5.74, 6) is 0. The average molecular weight is 178 g/mol. The Labute approximate surface area is 70.5 Å². The van der Waals surface area contributed by atoms with Gasteiger partial charge in [0.05, 0.1) is 6.10 Å². The molecular formula is C7H14O5. The lowest BCUT2D eigenvalue weighted by molar-refractivity contribution is -0.283. The second kappa shape index (κ2) is 3.68. The molecule has 12 heavy (non-hydrogen) atoms. The van der Waals surface area contributed by atoms with Crippen molar-refractivity contribution < 1.29 is 24.8 Å².